The zero-order valence-corrected chi connectivity index (χ0v) is 13.5. The molecule has 5 heteroatoms. The number of ether oxygens (including phenoxy) is 1. The number of nitrogens with two attached hydrogens (primary N) is 1. The first-order valence-electron chi connectivity index (χ1n) is 5.72. The van der Waals surface area contributed by atoms with Gasteiger partial charge in [0, 0.05) is 13.2 Å². The Morgan fingerprint density at radius 2 is 2.00 bits per heavy atom. The average Bonchev–Trinajstić information content (AvgIpc) is 2.28. The first-order valence-corrected chi connectivity index (χ1v) is 5.72. The fourth-order valence-electron chi connectivity index (χ4n) is 1.46. The molecule has 1 rings (SSSR count). The van der Waals surface area contributed by atoms with Crippen molar-refractivity contribution in [3.05, 3.63) is 35.4 Å². The number of guanidine groups is 1. The highest BCUT2D eigenvalue weighted by molar-refractivity contribution is 14.0. The van der Waals surface area contributed by atoms with Gasteiger partial charge in [-0.25, -0.2) is 4.99 Å². The van der Waals surface area contributed by atoms with E-state index < -0.39 is 0 Å². The van der Waals surface area contributed by atoms with Gasteiger partial charge < -0.3 is 15.8 Å². The molecule has 3 N–H and O–H groups in total. The number of nitrogens with one attached hydrogen (secondary N) is 1. The molecule has 0 radical (unpaired) electrons. The van der Waals surface area contributed by atoms with E-state index in [-0.39, 0.29) is 30.0 Å². The Balaban J connectivity index is 0.00000289. The summed E-state index contributed by atoms with van der Waals surface area (Å²) >= 11 is 0. The highest BCUT2D eigenvalue weighted by Crippen LogP contribution is 2.03. The second-order valence-electron chi connectivity index (χ2n) is 4.19. The maximum Gasteiger partial charge on any atom is 0.189 e. The Morgan fingerprint density at radius 1 is 1.39 bits per heavy atom. The summed E-state index contributed by atoms with van der Waals surface area (Å²) < 4.78 is 5.01. The fourth-order valence-corrected chi connectivity index (χ4v) is 1.46. The van der Waals surface area contributed by atoms with Crippen LogP contribution in [0, 0.1) is 6.92 Å². The predicted molar refractivity (Wildman–Crippen MR) is 86.4 cm³/mol. The van der Waals surface area contributed by atoms with E-state index in [1.807, 2.05) is 6.92 Å². The summed E-state index contributed by atoms with van der Waals surface area (Å²) in [6.07, 6.45) is 0. The monoisotopic (exact) mass is 363 g/mol. The molecule has 4 nitrogen and oxygen atoms in total. The lowest BCUT2D eigenvalue weighted by atomic mass is 10.1. The van der Waals surface area contributed by atoms with Crippen LogP contribution < -0.4 is 11.1 Å². The van der Waals surface area contributed by atoms with Crippen LogP contribution >= 0.6 is 24.0 Å². The van der Waals surface area contributed by atoms with Gasteiger partial charge in [0.05, 0.1) is 13.2 Å². The van der Waals surface area contributed by atoms with E-state index in [1.54, 1.807) is 7.11 Å². The number of hydrogen-bond acceptors (Lipinski definition) is 2. The third-order valence-electron chi connectivity index (χ3n) is 2.36. The van der Waals surface area contributed by atoms with Gasteiger partial charge in [0.2, 0.25) is 0 Å². The van der Waals surface area contributed by atoms with Crippen molar-refractivity contribution in [1.29, 1.82) is 0 Å². The van der Waals surface area contributed by atoms with E-state index in [4.69, 9.17) is 10.5 Å². The van der Waals surface area contributed by atoms with Crippen molar-refractivity contribution in [2.45, 2.75) is 26.4 Å². The minimum Gasteiger partial charge on any atom is -0.383 e. The zero-order valence-electron chi connectivity index (χ0n) is 11.1. The number of nitrogens with zero attached hydrogens (tertiary/aromatic N) is 1. The Morgan fingerprint density at radius 3 is 2.56 bits per heavy atom. The van der Waals surface area contributed by atoms with Crippen LogP contribution in [0.1, 0.15) is 18.1 Å². The summed E-state index contributed by atoms with van der Waals surface area (Å²) in [5.41, 5.74) is 8.17. The number of methoxy groups -OCH3 is 1. The van der Waals surface area contributed by atoms with Gasteiger partial charge in [-0.2, -0.15) is 0 Å². The van der Waals surface area contributed by atoms with Crippen molar-refractivity contribution in [2.24, 2.45) is 10.7 Å². The third-order valence-corrected chi connectivity index (χ3v) is 2.36. The topological polar surface area (TPSA) is 59.6 Å². The average molecular weight is 363 g/mol. The van der Waals surface area contributed by atoms with Crippen LogP contribution in [0.2, 0.25) is 0 Å². The lowest BCUT2D eigenvalue weighted by molar-refractivity contribution is 0.179. The van der Waals surface area contributed by atoms with Crippen LogP contribution in [0.25, 0.3) is 0 Å². The van der Waals surface area contributed by atoms with E-state index in [2.05, 4.69) is 41.5 Å². The van der Waals surface area contributed by atoms with Crippen LogP contribution in [0.3, 0.4) is 0 Å². The molecule has 0 aliphatic rings. The number of rotatable bonds is 5. The summed E-state index contributed by atoms with van der Waals surface area (Å²) in [6, 6.07) is 8.43. The van der Waals surface area contributed by atoms with Gasteiger partial charge >= 0.3 is 0 Å². The normalized spacial score (nSPS) is 12.7. The molecule has 1 atom stereocenters. The van der Waals surface area contributed by atoms with Gasteiger partial charge in [-0.1, -0.05) is 29.8 Å². The minimum absolute atomic E-state index is 0. The summed E-state index contributed by atoms with van der Waals surface area (Å²) in [5, 5.41) is 3.07. The maximum atomic E-state index is 5.77. The molecule has 0 amide bonds. The molecule has 0 heterocycles. The Kier molecular flexibility index (Phi) is 8.74. The smallest absolute Gasteiger partial charge is 0.189 e. The molecule has 18 heavy (non-hydrogen) atoms. The number of hydrogen-bond donors (Lipinski definition) is 2. The zero-order chi connectivity index (χ0) is 12.7. The van der Waals surface area contributed by atoms with Gasteiger partial charge in [-0.05, 0) is 19.4 Å². The van der Waals surface area contributed by atoms with Crippen molar-refractivity contribution in [1.82, 2.24) is 5.32 Å². The molecular weight excluding hydrogens is 341 g/mol. The summed E-state index contributed by atoms with van der Waals surface area (Å²) in [7, 11) is 1.66. The molecule has 0 aliphatic carbocycles. The largest absolute Gasteiger partial charge is 0.383 e. The standard InChI is InChI=1S/C13H21N3O.HI/c1-10-4-6-12(7-5-10)8-15-13(14)16-11(2)9-17-3;/h4-7,11H,8-9H2,1-3H3,(H3,14,15,16);1H. The van der Waals surface area contributed by atoms with Crippen molar-refractivity contribution < 1.29 is 4.74 Å². The van der Waals surface area contributed by atoms with Gasteiger partial charge in [0.15, 0.2) is 5.96 Å². The fraction of sp³-hybridized carbons (Fsp3) is 0.462. The molecule has 1 aromatic rings. The number of aryl methyl sites for hydroxylation is 1. The van der Waals surface area contributed by atoms with Crippen molar-refractivity contribution in [2.75, 3.05) is 13.7 Å². The Bertz CT molecular complexity index is 365. The lowest BCUT2D eigenvalue weighted by Crippen LogP contribution is -2.40. The molecule has 0 aromatic heterocycles. The molecule has 1 aromatic carbocycles. The highest BCUT2D eigenvalue weighted by Gasteiger charge is 2.01. The molecule has 0 fully saturated rings. The van der Waals surface area contributed by atoms with E-state index >= 15 is 0 Å². The van der Waals surface area contributed by atoms with E-state index in [0.717, 1.165) is 5.56 Å². The quantitative estimate of drug-likeness (QED) is 0.478. The molecule has 0 aliphatic heterocycles. The Labute approximate surface area is 126 Å². The van der Waals surface area contributed by atoms with Gasteiger partial charge in [-0.15, -0.1) is 24.0 Å². The number of halogens is 1. The van der Waals surface area contributed by atoms with Crippen LogP contribution in [-0.4, -0.2) is 25.7 Å². The van der Waals surface area contributed by atoms with Crippen LogP contribution in [0.15, 0.2) is 29.3 Å². The van der Waals surface area contributed by atoms with Gasteiger partial charge in [0.1, 0.15) is 0 Å². The van der Waals surface area contributed by atoms with Crippen molar-refractivity contribution >= 4 is 29.9 Å². The molecule has 1 unspecified atom stereocenters. The van der Waals surface area contributed by atoms with Gasteiger partial charge in [-0.3, -0.25) is 0 Å². The van der Waals surface area contributed by atoms with E-state index in [9.17, 15) is 0 Å². The second kappa shape index (κ2) is 9.16. The van der Waals surface area contributed by atoms with E-state index in [1.165, 1.54) is 5.56 Å². The van der Waals surface area contributed by atoms with E-state index in [0.29, 0.717) is 19.1 Å². The minimum atomic E-state index is 0. The highest BCUT2D eigenvalue weighted by atomic mass is 127. The van der Waals surface area contributed by atoms with Gasteiger partial charge in [0.25, 0.3) is 0 Å². The molecule has 0 saturated carbocycles. The summed E-state index contributed by atoms with van der Waals surface area (Å²) in [4.78, 5) is 4.27. The first kappa shape index (κ1) is 17.2. The van der Waals surface area contributed by atoms with Crippen LogP contribution in [-0.2, 0) is 11.3 Å². The summed E-state index contributed by atoms with van der Waals surface area (Å²) in [5.74, 6) is 0.454. The maximum absolute atomic E-state index is 5.77. The SMILES string of the molecule is COCC(C)NC(N)=NCc1ccc(C)cc1.I. The van der Waals surface area contributed by atoms with Crippen molar-refractivity contribution in [3.63, 3.8) is 0 Å². The number of aliphatic imine (C=N–C) groups is 1. The van der Waals surface area contributed by atoms with Crippen LogP contribution in [0.5, 0.6) is 0 Å². The van der Waals surface area contributed by atoms with Crippen LogP contribution in [0.4, 0.5) is 0 Å². The molecule has 0 saturated heterocycles. The Hall–Kier alpha value is -0.820. The molecule has 0 bridgehead atoms. The number of benzene rings is 1. The summed E-state index contributed by atoms with van der Waals surface area (Å²) in [6.45, 7) is 5.27. The lowest BCUT2D eigenvalue weighted by Gasteiger charge is -2.13. The first-order chi connectivity index (χ1) is 8.11. The third kappa shape index (κ3) is 6.80. The molecule has 0 spiro atoms. The molecular formula is C13H22IN3O. The molecule has 102 valence electrons. The van der Waals surface area contributed by atoms with Crippen molar-refractivity contribution in [3.8, 4) is 0 Å². The predicted octanol–water partition coefficient (Wildman–Crippen LogP) is 2.05. The second-order valence-corrected chi connectivity index (χ2v) is 4.19.